The molecule has 0 spiro atoms. The monoisotopic (exact) mass is 373 g/mol. The quantitative estimate of drug-likeness (QED) is 0.664. The van der Waals surface area contributed by atoms with Crippen molar-refractivity contribution in [3.05, 3.63) is 69.8 Å². The fourth-order valence-corrected chi connectivity index (χ4v) is 3.42. The molecule has 6 nitrogen and oxygen atoms in total. The minimum absolute atomic E-state index is 0.244. The largest absolute Gasteiger partial charge is 0.497 e. The molecule has 0 saturated heterocycles. The van der Waals surface area contributed by atoms with E-state index in [-0.39, 0.29) is 5.91 Å². The lowest BCUT2D eigenvalue weighted by Gasteiger charge is -2.10. The molecule has 0 radical (unpaired) electrons. The topological polar surface area (TPSA) is 80.9 Å². The molecule has 26 heavy (non-hydrogen) atoms. The normalized spacial score (nSPS) is 11.8. The summed E-state index contributed by atoms with van der Waals surface area (Å²) < 4.78 is 15.6. The van der Waals surface area contributed by atoms with Crippen LogP contribution in [0.25, 0.3) is 0 Å². The third-order valence-corrected chi connectivity index (χ3v) is 4.98. The molecule has 0 bridgehead atoms. The number of carbonyl (C=O) groups excluding carboxylic acids is 1. The summed E-state index contributed by atoms with van der Waals surface area (Å²) in [6.45, 7) is 0.351. The molecular formula is C19H19NO5S. The van der Waals surface area contributed by atoms with Crippen LogP contribution >= 0.6 is 11.3 Å². The first-order valence-corrected chi connectivity index (χ1v) is 8.74. The molecule has 3 aromatic rings. The van der Waals surface area contributed by atoms with Crippen molar-refractivity contribution in [2.24, 2.45) is 0 Å². The highest BCUT2D eigenvalue weighted by molar-refractivity contribution is 7.12. The summed E-state index contributed by atoms with van der Waals surface area (Å²) >= 11 is 1.42. The number of hydrogen-bond acceptors (Lipinski definition) is 6. The molecule has 0 aliphatic carbocycles. The fraction of sp³-hybridized carbons (Fsp3) is 0.211. The van der Waals surface area contributed by atoms with Crippen LogP contribution < -0.4 is 14.8 Å². The first kappa shape index (κ1) is 18.0. The Labute approximate surface area is 155 Å². The van der Waals surface area contributed by atoms with Crippen LogP contribution in [0.1, 0.15) is 32.0 Å². The molecule has 1 atom stereocenters. The Hall–Kier alpha value is -2.77. The first-order chi connectivity index (χ1) is 12.6. The van der Waals surface area contributed by atoms with E-state index in [4.69, 9.17) is 13.9 Å². The van der Waals surface area contributed by atoms with Gasteiger partial charge in [0.1, 0.15) is 23.4 Å². The number of furan rings is 1. The van der Waals surface area contributed by atoms with Gasteiger partial charge in [-0.25, -0.2) is 0 Å². The Morgan fingerprint density at radius 3 is 2.77 bits per heavy atom. The van der Waals surface area contributed by atoms with Gasteiger partial charge in [-0.3, -0.25) is 4.79 Å². The van der Waals surface area contributed by atoms with E-state index in [0.717, 1.165) is 9.75 Å². The molecular weight excluding hydrogens is 354 g/mol. The van der Waals surface area contributed by atoms with Crippen molar-refractivity contribution < 1.29 is 23.8 Å². The fourth-order valence-electron chi connectivity index (χ4n) is 2.47. The number of amides is 1. The van der Waals surface area contributed by atoms with E-state index in [2.05, 4.69) is 5.32 Å². The highest BCUT2D eigenvalue weighted by atomic mass is 32.1. The van der Waals surface area contributed by atoms with E-state index in [0.29, 0.717) is 29.4 Å². The van der Waals surface area contributed by atoms with E-state index >= 15 is 0 Å². The first-order valence-electron chi connectivity index (χ1n) is 7.92. The van der Waals surface area contributed by atoms with Crippen molar-refractivity contribution >= 4 is 17.2 Å². The summed E-state index contributed by atoms with van der Waals surface area (Å²) in [7, 11) is 3.06. The van der Waals surface area contributed by atoms with Crippen molar-refractivity contribution in [3.63, 3.8) is 0 Å². The van der Waals surface area contributed by atoms with E-state index in [9.17, 15) is 9.90 Å². The summed E-state index contributed by atoms with van der Waals surface area (Å²) in [6.07, 6.45) is 0.719. The lowest BCUT2D eigenvalue weighted by atomic mass is 10.1. The third-order valence-electron chi connectivity index (χ3n) is 3.84. The average molecular weight is 373 g/mol. The number of hydrogen-bond donors (Lipinski definition) is 2. The molecule has 2 heterocycles. The Bertz CT molecular complexity index is 872. The van der Waals surface area contributed by atoms with Gasteiger partial charge in [0.25, 0.3) is 5.91 Å². The molecule has 0 aliphatic rings. The molecule has 3 rings (SSSR count). The molecule has 0 saturated carbocycles. The molecule has 136 valence electrons. The van der Waals surface area contributed by atoms with E-state index in [1.54, 1.807) is 37.4 Å². The lowest BCUT2D eigenvalue weighted by molar-refractivity contribution is 0.0948. The molecule has 0 aliphatic heterocycles. The van der Waals surface area contributed by atoms with Gasteiger partial charge in [-0.1, -0.05) is 0 Å². The molecule has 2 N–H and O–H groups in total. The second kappa shape index (κ2) is 8.07. The Kier molecular flexibility index (Phi) is 5.60. The molecule has 2 aromatic heterocycles. The van der Waals surface area contributed by atoms with Gasteiger partial charge in [0.2, 0.25) is 0 Å². The number of nitrogens with one attached hydrogen (secondary N) is 1. The van der Waals surface area contributed by atoms with E-state index in [1.165, 1.54) is 24.7 Å². The van der Waals surface area contributed by atoms with Crippen molar-refractivity contribution in [1.82, 2.24) is 5.32 Å². The van der Waals surface area contributed by atoms with Gasteiger partial charge in [-0.05, 0) is 36.4 Å². The second-order valence-corrected chi connectivity index (χ2v) is 6.67. The van der Waals surface area contributed by atoms with Crippen LogP contribution in [0.5, 0.6) is 11.5 Å². The number of ether oxygens (including phenoxy) is 2. The standard InChI is InChI=1S/C19H19NO5S/c1-23-12-5-7-14(16(10-12)24-2)19(22)20-11-13-6-8-17(26-13)18(21)15-4-3-9-25-15/h3-10,18,21H,11H2,1-2H3,(H,20,22). The summed E-state index contributed by atoms with van der Waals surface area (Å²) in [5.41, 5.74) is 0.431. The van der Waals surface area contributed by atoms with Crippen LogP contribution in [0, 0.1) is 0 Å². The maximum Gasteiger partial charge on any atom is 0.255 e. The van der Waals surface area contributed by atoms with Gasteiger partial charge in [-0.2, -0.15) is 0 Å². The van der Waals surface area contributed by atoms with Gasteiger partial charge in [0.15, 0.2) is 0 Å². The zero-order valence-electron chi connectivity index (χ0n) is 14.4. The Balaban J connectivity index is 1.65. The molecule has 1 unspecified atom stereocenters. The van der Waals surface area contributed by atoms with Crippen molar-refractivity contribution in [2.45, 2.75) is 12.6 Å². The highest BCUT2D eigenvalue weighted by Crippen LogP contribution is 2.29. The highest BCUT2D eigenvalue weighted by Gasteiger charge is 2.17. The summed E-state index contributed by atoms with van der Waals surface area (Å²) in [4.78, 5) is 14.1. The van der Waals surface area contributed by atoms with Gasteiger partial charge >= 0.3 is 0 Å². The number of benzene rings is 1. The van der Waals surface area contributed by atoms with E-state index < -0.39 is 6.10 Å². The summed E-state index contributed by atoms with van der Waals surface area (Å²) in [5.74, 6) is 1.31. The minimum atomic E-state index is -0.805. The number of aliphatic hydroxyl groups is 1. The second-order valence-electron chi connectivity index (χ2n) is 5.47. The maximum atomic E-state index is 12.4. The molecule has 1 aromatic carbocycles. The van der Waals surface area contributed by atoms with Crippen molar-refractivity contribution in [2.75, 3.05) is 14.2 Å². The van der Waals surface area contributed by atoms with Crippen molar-refractivity contribution in [1.29, 1.82) is 0 Å². The average Bonchev–Trinajstić information content (AvgIpc) is 3.37. The predicted molar refractivity (Wildman–Crippen MR) is 97.8 cm³/mol. The number of methoxy groups -OCH3 is 2. The van der Waals surface area contributed by atoms with Gasteiger partial charge in [-0.15, -0.1) is 11.3 Å². The molecule has 7 heteroatoms. The van der Waals surface area contributed by atoms with Crippen LogP contribution in [0.2, 0.25) is 0 Å². The Morgan fingerprint density at radius 1 is 1.23 bits per heavy atom. The van der Waals surface area contributed by atoms with Crippen LogP contribution in [-0.4, -0.2) is 25.2 Å². The van der Waals surface area contributed by atoms with Crippen LogP contribution in [0.15, 0.2) is 53.1 Å². The number of carbonyl (C=O) groups is 1. The SMILES string of the molecule is COc1ccc(C(=O)NCc2ccc(C(O)c3ccco3)s2)c(OC)c1. The van der Waals surface area contributed by atoms with Crippen molar-refractivity contribution in [3.8, 4) is 11.5 Å². The summed E-state index contributed by atoms with van der Waals surface area (Å²) in [6, 6.07) is 12.2. The smallest absolute Gasteiger partial charge is 0.255 e. The molecule has 0 fully saturated rings. The maximum absolute atomic E-state index is 12.4. The zero-order chi connectivity index (χ0) is 18.5. The number of rotatable bonds is 7. The van der Waals surface area contributed by atoms with Gasteiger partial charge in [0.05, 0.1) is 32.6 Å². The Morgan fingerprint density at radius 2 is 2.08 bits per heavy atom. The van der Waals surface area contributed by atoms with Crippen LogP contribution in [0.3, 0.4) is 0 Å². The van der Waals surface area contributed by atoms with Gasteiger partial charge < -0.3 is 24.3 Å². The number of aliphatic hydroxyl groups excluding tert-OH is 1. The van der Waals surface area contributed by atoms with E-state index in [1.807, 2.05) is 12.1 Å². The zero-order valence-corrected chi connectivity index (χ0v) is 15.2. The van der Waals surface area contributed by atoms with Crippen LogP contribution in [0.4, 0.5) is 0 Å². The van der Waals surface area contributed by atoms with Crippen LogP contribution in [-0.2, 0) is 6.54 Å². The predicted octanol–water partition coefficient (Wildman–Crippen LogP) is 3.37. The van der Waals surface area contributed by atoms with Gasteiger partial charge in [0, 0.05) is 15.8 Å². The summed E-state index contributed by atoms with van der Waals surface area (Å²) in [5, 5.41) is 13.1. The molecule has 1 amide bonds. The third kappa shape index (κ3) is 3.89. The lowest BCUT2D eigenvalue weighted by Crippen LogP contribution is -2.22. The minimum Gasteiger partial charge on any atom is -0.497 e. The number of thiophene rings is 1.